The van der Waals surface area contributed by atoms with Gasteiger partial charge in [-0.1, -0.05) is 18.2 Å². The molecule has 3 rings (SSSR count). The van der Waals surface area contributed by atoms with Crippen molar-refractivity contribution in [3.8, 4) is 5.75 Å². The van der Waals surface area contributed by atoms with Crippen molar-refractivity contribution < 1.29 is 23.1 Å². The number of hydrogen-bond acceptors (Lipinski definition) is 4. The topological polar surface area (TPSA) is 61.7 Å². The van der Waals surface area contributed by atoms with Crippen LogP contribution in [0.2, 0.25) is 0 Å². The van der Waals surface area contributed by atoms with Crippen molar-refractivity contribution in [1.82, 2.24) is 5.32 Å². The van der Waals surface area contributed by atoms with Crippen LogP contribution >= 0.6 is 11.8 Å². The second kappa shape index (κ2) is 6.64. The van der Waals surface area contributed by atoms with Crippen LogP contribution in [-0.2, 0) is 11.0 Å². The third-order valence-electron chi connectivity index (χ3n) is 3.25. The van der Waals surface area contributed by atoms with E-state index in [0.29, 0.717) is 10.5 Å². The summed E-state index contributed by atoms with van der Waals surface area (Å²) in [5.74, 6) is -0.277. The predicted octanol–water partition coefficient (Wildman–Crippen LogP) is 4.30. The van der Waals surface area contributed by atoms with Gasteiger partial charge in [0.05, 0.1) is 16.2 Å². The predicted molar refractivity (Wildman–Crippen MR) is 90.4 cm³/mol. The van der Waals surface area contributed by atoms with E-state index < -0.39 is 11.7 Å². The number of amides is 1. The molecule has 2 aromatic carbocycles. The molecule has 2 N–H and O–H groups in total. The minimum Gasteiger partial charge on any atom is -0.508 e. The number of rotatable bonds is 2. The van der Waals surface area contributed by atoms with E-state index >= 15 is 0 Å². The number of aromatic hydroxyl groups is 1. The fraction of sp³-hybridized carbons (Fsp3) is 0.0588. The monoisotopic (exact) mass is 364 g/mol. The van der Waals surface area contributed by atoms with Gasteiger partial charge in [-0.15, -0.1) is 0 Å². The molecule has 1 saturated heterocycles. The number of nitrogens with zero attached hydrogens (tertiary/aromatic N) is 1. The van der Waals surface area contributed by atoms with E-state index in [4.69, 9.17) is 0 Å². The van der Waals surface area contributed by atoms with Crippen LogP contribution in [0, 0.1) is 0 Å². The summed E-state index contributed by atoms with van der Waals surface area (Å²) in [5, 5.41) is 12.0. The molecule has 2 aromatic rings. The number of carbonyl (C=O) groups is 1. The van der Waals surface area contributed by atoms with E-state index in [9.17, 15) is 23.1 Å². The second-order valence-electron chi connectivity index (χ2n) is 5.12. The van der Waals surface area contributed by atoms with Crippen LogP contribution in [-0.4, -0.2) is 16.2 Å². The molecule has 0 saturated carbocycles. The highest BCUT2D eigenvalue weighted by Gasteiger charge is 2.30. The zero-order valence-electron chi connectivity index (χ0n) is 12.5. The molecule has 25 heavy (non-hydrogen) atoms. The van der Waals surface area contributed by atoms with Crippen molar-refractivity contribution in [2.24, 2.45) is 4.99 Å². The number of phenols is 1. The number of halogens is 3. The summed E-state index contributed by atoms with van der Waals surface area (Å²) in [6.45, 7) is 0. The lowest BCUT2D eigenvalue weighted by atomic mass is 10.2. The normalized spacial score (nSPS) is 18.0. The van der Waals surface area contributed by atoms with E-state index in [-0.39, 0.29) is 22.5 Å². The summed E-state index contributed by atoms with van der Waals surface area (Å²) in [6.07, 6.45) is -2.85. The summed E-state index contributed by atoms with van der Waals surface area (Å²) >= 11 is 1.03. The first-order valence-electron chi connectivity index (χ1n) is 7.07. The third-order valence-corrected chi connectivity index (χ3v) is 4.16. The molecule has 0 aliphatic carbocycles. The molecule has 8 heteroatoms. The standard InChI is InChI=1S/C17H11F3N2O2S/c18-17(19,20)11-2-1-3-12(9-11)21-16-22-15(24)14(25-16)8-10-4-6-13(23)7-5-10/h1-9,23H,(H,21,22,24)/b14-8-. The number of amidine groups is 1. The van der Waals surface area contributed by atoms with Crippen molar-refractivity contribution in [3.05, 3.63) is 64.6 Å². The van der Waals surface area contributed by atoms with Gasteiger partial charge in [0.2, 0.25) is 0 Å². The SMILES string of the molecule is O=C1NC(=Nc2cccc(C(F)(F)F)c2)S/C1=C\c1ccc(O)cc1. The summed E-state index contributed by atoms with van der Waals surface area (Å²) < 4.78 is 38.2. The van der Waals surface area contributed by atoms with Gasteiger partial charge in [0.1, 0.15) is 5.75 Å². The Morgan fingerprint density at radius 1 is 1.12 bits per heavy atom. The average molecular weight is 364 g/mol. The highest BCUT2D eigenvalue weighted by atomic mass is 32.2. The van der Waals surface area contributed by atoms with E-state index in [1.54, 1.807) is 18.2 Å². The molecule has 1 amide bonds. The zero-order chi connectivity index (χ0) is 18.0. The Balaban J connectivity index is 1.82. The van der Waals surface area contributed by atoms with Crippen molar-refractivity contribution in [2.45, 2.75) is 6.18 Å². The summed E-state index contributed by atoms with van der Waals surface area (Å²) in [7, 11) is 0. The average Bonchev–Trinajstić information content (AvgIpc) is 2.88. The molecule has 0 radical (unpaired) electrons. The molecule has 0 spiro atoms. The van der Waals surface area contributed by atoms with Crippen LogP contribution in [0.25, 0.3) is 6.08 Å². The van der Waals surface area contributed by atoms with Crippen LogP contribution in [0.1, 0.15) is 11.1 Å². The van der Waals surface area contributed by atoms with Gasteiger partial charge in [-0.2, -0.15) is 13.2 Å². The molecule has 1 fully saturated rings. The smallest absolute Gasteiger partial charge is 0.416 e. The van der Waals surface area contributed by atoms with Crippen molar-refractivity contribution in [3.63, 3.8) is 0 Å². The molecule has 1 aliphatic rings. The largest absolute Gasteiger partial charge is 0.508 e. The maximum absolute atomic E-state index is 12.7. The molecule has 0 bridgehead atoms. The Morgan fingerprint density at radius 3 is 2.52 bits per heavy atom. The number of alkyl halides is 3. The number of benzene rings is 2. The number of phenolic OH excluding ortho intramolecular Hbond substituents is 1. The molecule has 0 unspecified atom stereocenters. The first kappa shape index (κ1) is 17.1. The van der Waals surface area contributed by atoms with Gasteiger partial charge >= 0.3 is 6.18 Å². The van der Waals surface area contributed by atoms with Gasteiger partial charge in [0, 0.05) is 0 Å². The Labute approximate surface area is 145 Å². The van der Waals surface area contributed by atoms with Crippen LogP contribution in [0.5, 0.6) is 5.75 Å². The number of thioether (sulfide) groups is 1. The van der Waals surface area contributed by atoms with E-state index in [0.717, 1.165) is 23.9 Å². The number of hydrogen-bond donors (Lipinski definition) is 2. The fourth-order valence-electron chi connectivity index (χ4n) is 2.07. The Bertz CT molecular complexity index is 874. The Morgan fingerprint density at radius 2 is 1.84 bits per heavy atom. The highest BCUT2D eigenvalue weighted by Crippen LogP contribution is 2.33. The fourth-order valence-corrected chi connectivity index (χ4v) is 2.91. The lowest BCUT2D eigenvalue weighted by Gasteiger charge is -2.06. The van der Waals surface area contributed by atoms with E-state index in [1.807, 2.05) is 0 Å². The van der Waals surface area contributed by atoms with Gasteiger partial charge in [-0.25, -0.2) is 4.99 Å². The summed E-state index contributed by atoms with van der Waals surface area (Å²) in [4.78, 5) is 16.4. The lowest BCUT2D eigenvalue weighted by Crippen LogP contribution is -2.19. The van der Waals surface area contributed by atoms with E-state index in [2.05, 4.69) is 10.3 Å². The van der Waals surface area contributed by atoms with E-state index in [1.165, 1.54) is 24.3 Å². The third kappa shape index (κ3) is 4.21. The van der Waals surface area contributed by atoms with Crippen molar-refractivity contribution >= 4 is 34.6 Å². The maximum Gasteiger partial charge on any atom is 0.416 e. The first-order chi connectivity index (χ1) is 11.8. The van der Waals surface area contributed by atoms with Gasteiger partial charge in [0.25, 0.3) is 5.91 Å². The second-order valence-corrected chi connectivity index (χ2v) is 6.15. The molecule has 4 nitrogen and oxygen atoms in total. The number of aliphatic imine (C=N–C) groups is 1. The minimum atomic E-state index is -4.45. The van der Waals surface area contributed by atoms with Gasteiger partial charge in [-0.3, -0.25) is 4.79 Å². The molecular weight excluding hydrogens is 353 g/mol. The van der Waals surface area contributed by atoms with Crippen LogP contribution in [0.3, 0.4) is 0 Å². The molecule has 1 aliphatic heterocycles. The summed E-state index contributed by atoms with van der Waals surface area (Å²) in [6, 6.07) is 10.8. The number of nitrogens with one attached hydrogen (secondary N) is 1. The van der Waals surface area contributed by atoms with Crippen molar-refractivity contribution in [2.75, 3.05) is 0 Å². The zero-order valence-corrected chi connectivity index (χ0v) is 13.4. The molecule has 1 heterocycles. The van der Waals surface area contributed by atoms with Gasteiger partial charge < -0.3 is 10.4 Å². The molecule has 0 atom stereocenters. The van der Waals surface area contributed by atoms with Crippen LogP contribution in [0.15, 0.2) is 58.4 Å². The summed E-state index contributed by atoms with van der Waals surface area (Å²) in [5.41, 5.74) is 0.00260. The van der Waals surface area contributed by atoms with Gasteiger partial charge in [-0.05, 0) is 53.7 Å². The molecular formula is C17H11F3N2O2S. The maximum atomic E-state index is 12.7. The quantitative estimate of drug-likeness (QED) is 0.781. The molecule has 0 aromatic heterocycles. The highest BCUT2D eigenvalue weighted by molar-refractivity contribution is 8.18. The van der Waals surface area contributed by atoms with Crippen LogP contribution in [0.4, 0.5) is 18.9 Å². The van der Waals surface area contributed by atoms with Crippen molar-refractivity contribution in [1.29, 1.82) is 0 Å². The number of carbonyl (C=O) groups excluding carboxylic acids is 1. The first-order valence-corrected chi connectivity index (χ1v) is 7.89. The van der Waals surface area contributed by atoms with Gasteiger partial charge in [0.15, 0.2) is 5.17 Å². The molecule has 128 valence electrons. The van der Waals surface area contributed by atoms with Crippen LogP contribution < -0.4 is 5.32 Å². The minimum absolute atomic E-state index is 0.100. The Hall–Kier alpha value is -2.74. The lowest BCUT2D eigenvalue weighted by molar-refractivity contribution is -0.137. The Kier molecular flexibility index (Phi) is 4.54.